The first kappa shape index (κ1) is 25.4. The van der Waals surface area contributed by atoms with Gasteiger partial charge in [0.2, 0.25) is 0 Å². The van der Waals surface area contributed by atoms with Crippen LogP contribution in [0.2, 0.25) is 0 Å². The van der Waals surface area contributed by atoms with E-state index in [1.807, 2.05) is 0 Å². The molecule has 0 spiro atoms. The van der Waals surface area contributed by atoms with Crippen LogP contribution in [0.15, 0.2) is 24.3 Å². The van der Waals surface area contributed by atoms with Crippen molar-refractivity contribution in [2.45, 2.75) is 91.0 Å². The summed E-state index contributed by atoms with van der Waals surface area (Å²) in [6.07, 6.45) is 12.5. The summed E-state index contributed by atoms with van der Waals surface area (Å²) in [4.78, 5) is 26.2. The number of carboxylic acid groups (broad SMARTS) is 1. The van der Waals surface area contributed by atoms with Gasteiger partial charge in [-0.25, -0.2) is 0 Å². The van der Waals surface area contributed by atoms with Gasteiger partial charge in [0.25, 0.3) is 0 Å². The van der Waals surface area contributed by atoms with Gasteiger partial charge in [0.15, 0.2) is 5.41 Å². The normalized spacial score (nSPS) is 16.2. The zero-order valence-electron chi connectivity index (χ0n) is 19.5. The quantitative estimate of drug-likeness (QED) is 0.236. The Kier molecular flexibility index (Phi) is 11.1. The second kappa shape index (κ2) is 13.5. The smallest absolute Gasteiger partial charge is 0.323 e. The summed E-state index contributed by atoms with van der Waals surface area (Å²) in [7, 11) is 0. The van der Waals surface area contributed by atoms with E-state index >= 15 is 0 Å². The highest BCUT2D eigenvalue weighted by Crippen LogP contribution is 2.34. The highest BCUT2D eigenvalue weighted by atomic mass is 16.5. The number of esters is 1. The van der Waals surface area contributed by atoms with Gasteiger partial charge in [0.1, 0.15) is 0 Å². The second-order valence-electron chi connectivity index (χ2n) is 8.93. The molecule has 0 unspecified atom stereocenters. The van der Waals surface area contributed by atoms with Crippen molar-refractivity contribution in [2.24, 2.45) is 5.41 Å². The molecule has 1 aromatic rings. The van der Waals surface area contributed by atoms with E-state index in [1.165, 1.54) is 62.5 Å². The minimum absolute atomic E-state index is 0.211. The van der Waals surface area contributed by atoms with E-state index in [4.69, 9.17) is 4.74 Å². The maximum Gasteiger partial charge on any atom is 0.323 e. The number of piperidine rings is 1. The van der Waals surface area contributed by atoms with Crippen molar-refractivity contribution in [3.05, 3.63) is 35.4 Å². The Hall–Kier alpha value is -1.88. The lowest BCUT2D eigenvalue weighted by Gasteiger charge is -2.37. The van der Waals surface area contributed by atoms with Crippen LogP contribution >= 0.6 is 0 Å². The van der Waals surface area contributed by atoms with Gasteiger partial charge in [0, 0.05) is 19.6 Å². The summed E-state index contributed by atoms with van der Waals surface area (Å²) in [6.45, 7) is 6.14. The van der Waals surface area contributed by atoms with Crippen LogP contribution in [0.5, 0.6) is 0 Å². The average molecular weight is 432 g/mol. The van der Waals surface area contributed by atoms with E-state index in [-0.39, 0.29) is 6.61 Å². The number of carboxylic acids is 1. The number of ether oxygens (including phenoxy) is 1. The molecule has 1 N–H and O–H groups in total. The molecule has 0 radical (unpaired) electrons. The average Bonchev–Trinajstić information content (AvgIpc) is 2.77. The van der Waals surface area contributed by atoms with E-state index < -0.39 is 17.4 Å². The molecule has 0 aliphatic carbocycles. The molecule has 0 saturated carbocycles. The third-order valence-electron chi connectivity index (χ3n) is 6.53. The van der Waals surface area contributed by atoms with Crippen LogP contribution in [0.25, 0.3) is 0 Å². The molecule has 31 heavy (non-hydrogen) atoms. The molecule has 1 fully saturated rings. The number of carbonyl (C=O) groups excluding carboxylic acids is 1. The number of hydrogen-bond acceptors (Lipinski definition) is 4. The number of unbranched alkanes of at least 4 members (excludes halogenated alkanes) is 7. The third kappa shape index (κ3) is 7.95. The number of nitrogens with zero attached hydrogens (tertiary/aromatic N) is 1. The van der Waals surface area contributed by atoms with Crippen LogP contribution in [0.3, 0.4) is 0 Å². The van der Waals surface area contributed by atoms with Gasteiger partial charge >= 0.3 is 11.9 Å². The minimum atomic E-state index is -1.38. The second-order valence-corrected chi connectivity index (χ2v) is 8.93. The molecule has 0 atom stereocenters. The summed E-state index contributed by atoms with van der Waals surface area (Å²) in [6, 6.07) is 8.82. The van der Waals surface area contributed by atoms with Crippen LogP contribution in [0.4, 0.5) is 0 Å². The molecule has 1 aliphatic rings. The lowest BCUT2D eigenvalue weighted by atomic mass is 9.78. The van der Waals surface area contributed by atoms with Crippen molar-refractivity contribution >= 4 is 11.9 Å². The largest absolute Gasteiger partial charge is 0.480 e. The Morgan fingerprint density at radius 2 is 1.45 bits per heavy atom. The Balaban J connectivity index is 1.71. The van der Waals surface area contributed by atoms with Crippen LogP contribution in [-0.2, 0) is 27.3 Å². The number of hydrogen-bond donors (Lipinski definition) is 1. The maximum absolute atomic E-state index is 12.2. The van der Waals surface area contributed by atoms with Crippen LogP contribution < -0.4 is 0 Å². The monoisotopic (exact) mass is 431 g/mol. The highest BCUT2D eigenvalue weighted by molar-refractivity contribution is 5.99. The molecule has 0 bridgehead atoms. The first-order valence-electron chi connectivity index (χ1n) is 12.2. The molecule has 5 heteroatoms. The minimum Gasteiger partial charge on any atom is -0.480 e. The third-order valence-corrected chi connectivity index (χ3v) is 6.53. The van der Waals surface area contributed by atoms with E-state index in [1.54, 1.807) is 6.92 Å². The van der Waals surface area contributed by atoms with E-state index in [9.17, 15) is 14.7 Å². The molecule has 1 aromatic carbocycles. The fraction of sp³-hybridized carbons (Fsp3) is 0.692. The van der Waals surface area contributed by atoms with Crippen LogP contribution in [0, 0.1) is 5.41 Å². The first-order valence-corrected chi connectivity index (χ1v) is 12.2. The number of benzene rings is 1. The fourth-order valence-corrected chi connectivity index (χ4v) is 4.40. The highest BCUT2D eigenvalue weighted by Gasteiger charge is 2.49. The molecule has 1 aliphatic heterocycles. The van der Waals surface area contributed by atoms with E-state index in [0.29, 0.717) is 25.9 Å². The van der Waals surface area contributed by atoms with Crippen molar-refractivity contribution in [1.29, 1.82) is 0 Å². The van der Waals surface area contributed by atoms with Crippen molar-refractivity contribution in [3.63, 3.8) is 0 Å². The van der Waals surface area contributed by atoms with Crippen LogP contribution in [0.1, 0.15) is 89.2 Å². The molecule has 5 nitrogen and oxygen atoms in total. The SMILES string of the molecule is CCCCCCCCCCc1ccc(CN2CCC(C(=O)O)(C(=O)OCC)CC2)cc1. The van der Waals surface area contributed by atoms with Crippen molar-refractivity contribution < 1.29 is 19.4 Å². The van der Waals surface area contributed by atoms with Crippen molar-refractivity contribution in [2.75, 3.05) is 19.7 Å². The zero-order valence-corrected chi connectivity index (χ0v) is 19.5. The van der Waals surface area contributed by atoms with E-state index in [2.05, 4.69) is 36.1 Å². The first-order chi connectivity index (χ1) is 15.0. The summed E-state index contributed by atoms with van der Waals surface area (Å²) >= 11 is 0. The van der Waals surface area contributed by atoms with Gasteiger partial charge in [-0.1, -0.05) is 76.1 Å². The van der Waals surface area contributed by atoms with Crippen LogP contribution in [-0.4, -0.2) is 41.6 Å². The lowest BCUT2D eigenvalue weighted by Crippen LogP contribution is -2.49. The zero-order chi connectivity index (χ0) is 22.5. The Labute approximate surface area is 188 Å². The number of likely N-dealkylation sites (tertiary alicyclic amines) is 1. The summed E-state index contributed by atoms with van der Waals surface area (Å²) in [5.74, 6) is -1.65. The predicted octanol–water partition coefficient (Wildman–Crippen LogP) is 5.60. The summed E-state index contributed by atoms with van der Waals surface area (Å²) in [5, 5.41) is 9.63. The molecule has 2 rings (SSSR count). The molecule has 1 saturated heterocycles. The number of rotatable bonds is 14. The Morgan fingerprint density at radius 3 is 2.00 bits per heavy atom. The van der Waals surface area contributed by atoms with Gasteiger partial charge in [-0.15, -0.1) is 0 Å². The topological polar surface area (TPSA) is 66.8 Å². The molecular formula is C26H41NO4. The number of aryl methyl sites for hydroxylation is 1. The van der Waals surface area contributed by atoms with Gasteiger partial charge < -0.3 is 9.84 Å². The van der Waals surface area contributed by atoms with Gasteiger partial charge in [-0.3, -0.25) is 14.5 Å². The van der Waals surface area contributed by atoms with Gasteiger partial charge in [0.05, 0.1) is 6.61 Å². The summed E-state index contributed by atoms with van der Waals surface area (Å²) < 4.78 is 5.04. The molecule has 1 heterocycles. The molecule has 0 aromatic heterocycles. The molecular weight excluding hydrogens is 390 g/mol. The maximum atomic E-state index is 12.2. The number of aliphatic carboxylic acids is 1. The van der Waals surface area contributed by atoms with Gasteiger partial charge in [-0.05, 0) is 43.7 Å². The van der Waals surface area contributed by atoms with E-state index in [0.717, 1.165) is 13.0 Å². The number of carbonyl (C=O) groups is 2. The molecule has 174 valence electrons. The fourth-order valence-electron chi connectivity index (χ4n) is 4.40. The summed E-state index contributed by atoms with van der Waals surface area (Å²) in [5.41, 5.74) is 1.24. The van der Waals surface area contributed by atoms with Gasteiger partial charge in [-0.2, -0.15) is 0 Å². The Morgan fingerprint density at radius 1 is 0.903 bits per heavy atom. The lowest BCUT2D eigenvalue weighted by molar-refractivity contribution is -0.172. The predicted molar refractivity (Wildman–Crippen MR) is 124 cm³/mol. The standard InChI is InChI=1S/C26H41NO4/c1-3-5-6-7-8-9-10-11-12-22-13-15-23(16-14-22)21-27-19-17-26(18-20-27,24(28)29)25(30)31-4-2/h13-16H,3-12,17-21H2,1-2H3,(H,28,29). The van der Waals surface area contributed by atoms with Crippen molar-refractivity contribution in [3.8, 4) is 0 Å². The van der Waals surface area contributed by atoms with Crippen molar-refractivity contribution in [1.82, 2.24) is 4.90 Å². The Bertz CT molecular complexity index is 662. The molecule has 0 amide bonds.